The van der Waals surface area contributed by atoms with Gasteiger partial charge in [-0.3, -0.25) is 14.4 Å². The van der Waals surface area contributed by atoms with Crippen LogP contribution in [-0.2, 0) is 31.0 Å². The summed E-state index contributed by atoms with van der Waals surface area (Å²) in [5.74, 6) is -3.79. The van der Waals surface area contributed by atoms with Gasteiger partial charge in [-0.1, -0.05) is 12.1 Å². The lowest BCUT2D eigenvalue weighted by atomic mass is 10.2. The summed E-state index contributed by atoms with van der Waals surface area (Å²) in [4.78, 5) is 28.0. The lowest BCUT2D eigenvalue weighted by Gasteiger charge is -2.18. The van der Waals surface area contributed by atoms with E-state index < -0.39 is 33.4 Å². The Hall–Kier alpha value is -2.46. The van der Waals surface area contributed by atoms with Crippen LogP contribution in [-0.4, -0.2) is 43.8 Å². The number of amides is 2. The average molecular weight is 346 g/mol. The van der Waals surface area contributed by atoms with Crippen LogP contribution in [0.15, 0.2) is 36.1 Å². The molecule has 1 aromatic carbocycles. The number of carbonyl (C=O) groups is 2. The fourth-order valence-corrected chi connectivity index (χ4v) is 1.90. The van der Waals surface area contributed by atoms with Crippen LogP contribution >= 0.6 is 0 Å². The van der Waals surface area contributed by atoms with Crippen LogP contribution in [0.1, 0.15) is 5.56 Å². The molecule has 0 bridgehead atoms. The molecule has 0 spiro atoms. The van der Waals surface area contributed by atoms with E-state index in [4.69, 9.17) is 4.84 Å². The molecule has 0 saturated carbocycles. The average Bonchev–Trinajstić information content (AvgIpc) is 2.44. The van der Waals surface area contributed by atoms with Crippen molar-refractivity contribution in [2.24, 2.45) is 0 Å². The van der Waals surface area contributed by atoms with Gasteiger partial charge in [0, 0.05) is 0 Å². The van der Waals surface area contributed by atoms with E-state index >= 15 is 0 Å². The van der Waals surface area contributed by atoms with Gasteiger partial charge in [-0.2, -0.15) is 0 Å². The number of aliphatic hydroxyl groups excluding tert-OH is 1. The van der Waals surface area contributed by atoms with Gasteiger partial charge in [-0.15, -0.1) is 0 Å². The van der Waals surface area contributed by atoms with Gasteiger partial charge in [0.25, 0.3) is 11.8 Å². The lowest BCUT2D eigenvalue weighted by molar-refractivity contribution is -0.173. The Labute approximate surface area is 132 Å². The van der Waals surface area contributed by atoms with Gasteiger partial charge in [0.15, 0.2) is 5.76 Å². The van der Waals surface area contributed by atoms with E-state index in [0.717, 1.165) is 11.3 Å². The normalized spacial score (nSPS) is 11.9. The number of halogens is 1. The van der Waals surface area contributed by atoms with Crippen LogP contribution in [0.25, 0.3) is 0 Å². The SMILES string of the molecule is CON(Cc1ccc(F)cc1)C(=O)/C=C(\O)C(=O)NS(C)(=O)=O. The first kappa shape index (κ1) is 18.6. The summed E-state index contributed by atoms with van der Waals surface area (Å²) in [7, 11) is -2.69. The molecule has 1 aromatic rings. The molecule has 0 saturated heterocycles. The molecule has 23 heavy (non-hydrogen) atoms. The molecular formula is C13H15FN2O6S. The van der Waals surface area contributed by atoms with E-state index in [-0.39, 0.29) is 6.54 Å². The first-order chi connectivity index (χ1) is 10.6. The van der Waals surface area contributed by atoms with Crippen molar-refractivity contribution in [2.45, 2.75) is 6.54 Å². The van der Waals surface area contributed by atoms with Crippen molar-refractivity contribution < 1.29 is 32.3 Å². The molecular weight excluding hydrogens is 331 g/mol. The Morgan fingerprint density at radius 1 is 1.35 bits per heavy atom. The number of benzene rings is 1. The van der Waals surface area contributed by atoms with E-state index in [0.29, 0.717) is 11.6 Å². The number of carbonyl (C=O) groups excluding carboxylic acids is 2. The standard InChI is InChI=1S/C13H15FN2O6S/c1-22-16(8-9-3-5-10(14)6-4-9)12(18)7-11(17)13(19)15-23(2,20)21/h3-7,17H,8H2,1-2H3,(H,15,19)/b11-7-. The van der Waals surface area contributed by atoms with E-state index in [1.54, 1.807) is 0 Å². The molecule has 0 aliphatic heterocycles. The molecule has 1 rings (SSSR count). The monoisotopic (exact) mass is 346 g/mol. The van der Waals surface area contributed by atoms with Gasteiger partial charge in [0.05, 0.1) is 26.0 Å². The number of nitrogens with zero attached hydrogens (tertiary/aromatic N) is 1. The summed E-state index contributed by atoms with van der Waals surface area (Å²) in [6.45, 7) is -0.0763. The molecule has 126 valence electrons. The van der Waals surface area contributed by atoms with Gasteiger partial charge in [-0.25, -0.2) is 22.6 Å². The summed E-state index contributed by atoms with van der Waals surface area (Å²) >= 11 is 0. The van der Waals surface area contributed by atoms with Gasteiger partial charge >= 0.3 is 0 Å². The van der Waals surface area contributed by atoms with Gasteiger partial charge < -0.3 is 5.11 Å². The Balaban J connectivity index is 2.81. The minimum absolute atomic E-state index is 0.0763. The second kappa shape index (κ2) is 7.70. The maximum atomic E-state index is 12.8. The lowest BCUT2D eigenvalue weighted by Crippen LogP contribution is -2.32. The van der Waals surface area contributed by atoms with Crippen molar-refractivity contribution in [3.05, 3.63) is 47.5 Å². The Kier molecular flexibility index (Phi) is 6.22. The highest BCUT2D eigenvalue weighted by Crippen LogP contribution is 2.08. The molecule has 0 fully saturated rings. The van der Waals surface area contributed by atoms with Gasteiger partial charge in [-0.05, 0) is 17.7 Å². The molecule has 0 radical (unpaired) electrons. The number of rotatable bonds is 6. The van der Waals surface area contributed by atoms with Crippen molar-refractivity contribution in [2.75, 3.05) is 13.4 Å². The summed E-state index contributed by atoms with van der Waals surface area (Å²) in [6, 6.07) is 5.24. The zero-order valence-corrected chi connectivity index (χ0v) is 13.1. The van der Waals surface area contributed by atoms with Crippen molar-refractivity contribution in [3.63, 3.8) is 0 Å². The summed E-state index contributed by atoms with van der Waals surface area (Å²) in [5, 5.41) is 10.2. The first-order valence-electron chi connectivity index (χ1n) is 6.15. The van der Waals surface area contributed by atoms with Crippen molar-refractivity contribution in [3.8, 4) is 0 Å². The molecule has 0 aliphatic rings. The quantitative estimate of drug-likeness (QED) is 0.433. The summed E-state index contributed by atoms with van der Waals surface area (Å²) in [5.41, 5.74) is 0.537. The molecule has 2 amide bonds. The van der Waals surface area contributed by atoms with Crippen molar-refractivity contribution in [1.29, 1.82) is 0 Å². The second-order valence-corrected chi connectivity index (χ2v) is 6.17. The van der Waals surface area contributed by atoms with E-state index in [9.17, 15) is 27.5 Å². The topological polar surface area (TPSA) is 113 Å². The molecule has 0 unspecified atom stereocenters. The van der Waals surface area contributed by atoms with Crippen LogP contribution in [0.3, 0.4) is 0 Å². The smallest absolute Gasteiger partial charge is 0.299 e. The largest absolute Gasteiger partial charge is 0.503 e. The maximum Gasteiger partial charge on any atom is 0.299 e. The highest BCUT2D eigenvalue weighted by atomic mass is 32.2. The molecule has 10 heteroatoms. The highest BCUT2D eigenvalue weighted by molar-refractivity contribution is 7.89. The van der Waals surface area contributed by atoms with Crippen LogP contribution < -0.4 is 4.72 Å². The predicted molar refractivity (Wildman–Crippen MR) is 77.7 cm³/mol. The molecule has 0 heterocycles. The molecule has 0 aromatic heterocycles. The number of aliphatic hydroxyl groups is 1. The van der Waals surface area contributed by atoms with E-state index in [1.165, 1.54) is 36.1 Å². The second-order valence-electron chi connectivity index (χ2n) is 4.42. The fourth-order valence-electron chi connectivity index (χ4n) is 1.46. The third-order valence-electron chi connectivity index (χ3n) is 2.48. The zero-order valence-electron chi connectivity index (χ0n) is 12.3. The number of sulfonamides is 1. The fraction of sp³-hybridized carbons (Fsp3) is 0.231. The minimum atomic E-state index is -3.87. The third kappa shape index (κ3) is 6.45. The third-order valence-corrected chi connectivity index (χ3v) is 3.03. The Morgan fingerprint density at radius 2 is 1.91 bits per heavy atom. The number of hydrogen-bond donors (Lipinski definition) is 2. The van der Waals surface area contributed by atoms with E-state index in [2.05, 4.69) is 0 Å². The van der Waals surface area contributed by atoms with Crippen molar-refractivity contribution >= 4 is 21.8 Å². The zero-order chi connectivity index (χ0) is 17.6. The van der Waals surface area contributed by atoms with E-state index in [1.807, 2.05) is 0 Å². The van der Waals surface area contributed by atoms with Crippen LogP contribution in [0.4, 0.5) is 4.39 Å². The number of hydrogen-bond acceptors (Lipinski definition) is 6. The molecule has 0 atom stereocenters. The summed E-state index contributed by atoms with van der Waals surface area (Å²) in [6.07, 6.45) is 1.23. The molecule has 0 aliphatic carbocycles. The number of hydroxylamine groups is 2. The van der Waals surface area contributed by atoms with Gasteiger partial charge in [0.2, 0.25) is 10.0 Å². The van der Waals surface area contributed by atoms with Gasteiger partial charge in [0.1, 0.15) is 5.82 Å². The molecule has 2 N–H and O–H groups in total. The first-order valence-corrected chi connectivity index (χ1v) is 8.04. The highest BCUT2D eigenvalue weighted by Gasteiger charge is 2.18. The van der Waals surface area contributed by atoms with Crippen LogP contribution in [0.2, 0.25) is 0 Å². The predicted octanol–water partition coefficient (Wildman–Crippen LogP) is 0.233. The summed E-state index contributed by atoms with van der Waals surface area (Å²) < 4.78 is 36.1. The van der Waals surface area contributed by atoms with Crippen LogP contribution in [0.5, 0.6) is 0 Å². The van der Waals surface area contributed by atoms with Crippen molar-refractivity contribution in [1.82, 2.24) is 9.79 Å². The Morgan fingerprint density at radius 3 is 2.39 bits per heavy atom. The number of nitrogens with one attached hydrogen (secondary N) is 1. The maximum absolute atomic E-state index is 12.8. The van der Waals surface area contributed by atoms with Crippen LogP contribution in [0, 0.1) is 5.82 Å². The minimum Gasteiger partial charge on any atom is -0.503 e. The Bertz CT molecular complexity index is 714. The molecule has 8 nitrogen and oxygen atoms in total.